The van der Waals surface area contributed by atoms with Crippen LogP contribution in [0.2, 0.25) is 10.4 Å². The standard InChI is InChI=1S/C9H14Cl2N4/c1-4-5(2)6(3)12-8-7(10)14-15-9(11)13-8/h5-6H,4H2,1-3H3,(H,12,13,15). The first kappa shape index (κ1) is 12.5. The molecule has 1 N–H and O–H groups in total. The molecule has 0 saturated heterocycles. The molecule has 0 fully saturated rings. The van der Waals surface area contributed by atoms with E-state index in [9.17, 15) is 0 Å². The molecule has 1 rings (SSSR count). The van der Waals surface area contributed by atoms with Gasteiger partial charge in [-0.05, 0) is 24.4 Å². The number of nitrogens with one attached hydrogen (secondary N) is 1. The van der Waals surface area contributed by atoms with Crippen molar-refractivity contribution in [3.63, 3.8) is 0 Å². The van der Waals surface area contributed by atoms with Crippen LogP contribution in [0.25, 0.3) is 0 Å². The Bertz CT molecular complexity index is 332. The molecule has 2 atom stereocenters. The Balaban J connectivity index is 2.75. The van der Waals surface area contributed by atoms with Gasteiger partial charge in [0.25, 0.3) is 0 Å². The van der Waals surface area contributed by atoms with Gasteiger partial charge in [0.1, 0.15) is 0 Å². The number of rotatable bonds is 4. The van der Waals surface area contributed by atoms with E-state index in [0.29, 0.717) is 11.7 Å². The minimum Gasteiger partial charge on any atom is -0.365 e. The van der Waals surface area contributed by atoms with Crippen LogP contribution in [0.1, 0.15) is 27.2 Å². The van der Waals surface area contributed by atoms with E-state index in [0.717, 1.165) is 6.42 Å². The van der Waals surface area contributed by atoms with Crippen molar-refractivity contribution in [2.75, 3.05) is 5.32 Å². The van der Waals surface area contributed by atoms with Gasteiger partial charge in [-0.1, -0.05) is 31.9 Å². The summed E-state index contributed by atoms with van der Waals surface area (Å²) in [5, 5.41) is 10.7. The zero-order chi connectivity index (χ0) is 11.4. The van der Waals surface area contributed by atoms with Gasteiger partial charge >= 0.3 is 0 Å². The summed E-state index contributed by atoms with van der Waals surface area (Å²) in [5.74, 6) is 1.01. The molecule has 15 heavy (non-hydrogen) atoms. The van der Waals surface area contributed by atoms with Gasteiger partial charge in [-0.15, -0.1) is 10.2 Å². The van der Waals surface area contributed by atoms with Crippen molar-refractivity contribution in [1.82, 2.24) is 15.2 Å². The first-order chi connectivity index (χ1) is 7.04. The summed E-state index contributed by atoms with van der Waals surface area (Å²) in [4.78, 5) is 3.98. The first-order valence-corrected chi connectivity index (χ1v) is 5.62. The van der Waals surface area contributed by atoms with Crippen molar-refractivity contribution in [1.29, 1.82) is 0 Å². The van der Waals surface area contributed by atoms with E-state index in [2.05, 4.69) is 41.3 Å². The Kier molecular flexibility index (Phi) is 4.54. The lowest BCUT2D eigenvalue weighted by Gasteiger charge is -2.20. The monoisotopic (exact) mass is 248 g/mol. The van der Waals surface area contributed by atoms with E-state index in [4.69, 9.17) is 23.2 Å². The fourth-order valence-electron chi connectivity index (χ4n) is 1.10. The summed E-state index contributed by atoms with van der Waals surface area (Å²) >= 11 is 11.5. The smallest absolute Gasteiger partial charge is 0.245 e. The van der Waals surface area contributed by atoms with Crippen LogP contribution in [-0.4, -0.2) is 21.2 Å². The minimum absolute atomic E-state index is 0.0956. The third-order valence-corrected chi connectivity index (χ3v) is 2.90. The maximum Gasteiger partial charge on any atom is 0.245 e. The summed E-state index contributed by atoms with van der Waals surface area (Å²) in [6, 6.07) is 0.264. The summed E-state index contributed by atoms with van der Waals surface area (Å²) < 4.78 is 0. The molecule has 84 valence electrons. The lowest BCUT2D eigenvalue weighted by atomic mass is 10.0. The fraction of sp³-hybridized carbons (Fsp3) is 0.667. The van der Waals surface area contributed by atoms with Crippen LogP contribution >= 0.6 is 23.2 Å². The summed E-state index contributed by atoms with van der Waals surface area (Å²) in [6.45, 7) is 6.36. The molecule has 0 aliphatic carbocycles. The van der Waals surface area contributed by atoms with Crippen LogP contribution in [0.15, 0.2) is 0 Å². The van der Waals surface area contributed by atoms with Crippen LogP contribution in [0, 0.1) is 5.92 Å². The number of nitrogens with zero attached hydrogens (tertiary/aromatic N) is 3. The van der Waals surface area contributed by atoms with Crippen molar-refractivity contribution in [3.05, 3.63) is 10.4 Å². The molecule has 0 aliphatic heterocycles. The zero-order valence-electron chi connectivity index (χ0n) is 8.96. The zero-order valence-corrected chi connectivity index (χ0v) is 10.5. The molecule has 2 unspecified atom stereocenters. The molecular weight excluding hydrogens is 235 g/mol. The molecule has 6 heteroatoms. The second-order valence-corrected chi connectivity index (χ2v) is 4.23. The fourth-order valence-corrected chi connectivity index (χ4v) is 1.35. The lowest BCUT2D eigenvalue weighted by Crippen LogP contribution is -2.24. The third-order valence-electron chi connectivity index (χ3n) is 2.48. The molecule has 0 radical (unpaired) electrons. The maximum absolute atomic E-state index is 5.83. The molecule has 1 aromatic rings. The second kappa shape index (κ2) is 5.47. The predicted octanol–water partition coefficient (Wildman–Crippen LogP) is 3.02. The normalized spacial score (nSPS) is 14.7. The quantitative estimate of drug-likeness (QED) is 0.891. The average Bonchev–Trinajstić information content (AvgIpc) is 2.22. The minimum atomic E-state index is 0.0956. The lowest BCUT2D eigenvalue weighted by molar-refractivity contribution is 0.493. The Morgan fingerprint density at radius 2 is 1.93 bits per heavy atom. The van der Waals surface area contributed by atoms with Gasteiger partial charge in [0.05, 0.1) is 0 Å². The second-order valence-electron chi connectivity index (χ2n) is 3.54. The SMILES string of the molecule is CCC(C)C(C)Nc1nc(Cl)nnc1Cl. The van der Waals surface area contributed by atoms with Gasteiger partial charge in [0.15, 0.2) is 11.0 Å². The van der Waals surface area contributed by atoms with Crippen LogP contribution in [-0.2, 0) is 0 Å². The highest BCUT2D eigenvalue weighted by molar-refractivity contribution is 6.32. The van der Waals surface area contributed by atoms with Crippen molar-refractivity contribution in [3.8, 4) is 0 Å². The Morgan fingerprint density at radius 1 is 1.27 bits per heavy atom. The van der Waals surface area contributed by atoms with Gasteiger partial charge in [-0.25, -0.2) is 0 Å². The van der Waals surface area contributed by atoms with Crippen molar-refractivity contribution in [2.45, 2.75) is 33.2 Å². The number of hydrogen-bond donors (Lipinski definition) is 1. The van der Waals surface area contributed by atoms with E-state index >= 15 is 0 Å². The molecule has 0 aromatic carbocycles. The van der Waals surface area contributed by atoms with E-state index in [-0.39, 0.29) is 16.5 Å². The number of anilines is 1. The summed E-state index contributed by atoms with van der Waals surface area (Å²) in [5.41, 5.74) is 0. The molecule has 4 nitrogen and oxygen atoms in total. The van der Waals surface area contributed by atoms with E-state index in [1.807, 2.05) is 0 Å². The Labute approximate surface area is 99.4 Å². The van der Waals surface area contributed by atoms with Crippen molar-refractivity contribution < 1.29 is 0 Å². The van der Waals surface area contributed by atoms with E-state index in [1.54, 1.807) is 0 Å². The number of halogens is 2. The first-order valence-electron chi connectivity index (χ1n) is 4.86. The molecule has 0 bridgehead atoms. The summed E-state index contributed by atoms with van der Waals surface area (Å²) in [7, 11) is 0. The number of aromatic nitrogens is 3. The average molecular weight is 249 g/mol. The molecule has 0 saturated carbocycles. The molecule has 1 aromatic heterocycles. The number of hydrogen-bond acceptors (Lipinski definition) is 4. The van der Waals surface area contributed by atoms with Crippen molar-refractivity contribution in [2.24, 2.45) is 5.92 Å². The largest absolute Gasteiger partial charge is 0.365 e. The van der Waals surface area contributed by atoms with Gasteiger partial charge in [-0.3, -0.25) is 0 Å². The molecule has 0 aliphatic rings. The summed E-state index contributed by atoms with van der Waals surface area (Å²) in [6.07, 6.45) is 1.08. The van der Waals surface area contributed by atoms with Gasteiger partial charge < -0.3 is 5.32 Å². The highest BCUT2D eigenvalue weighted by atomic mass is 35.5. The predicted molar refractivity (Wildman–Crippen MR) is 62.4 cm³/mol. The van der Waals surface area contributed by atoms with Gasteiger partial charge in [0.2, 0.25) is 5.28 Å². The molecule has 0 amide bonds. The third kappa shape index (κ3) is 3.47. The topological polar surface area (TPSA) is 50.7 Å². The Morgan fingerprint density at radius 3 is 2.53 bits per heavy atom. The Hall–Kier alpha value is -0.610. The maximum atomic E-state index is 5.83. The van der Waals surface area contributed by atoms with Crippen LogP contribution in [0.3, 0.4) is 0 Å². The molecule has 1 heterocycles. The van der Waals surface area contributed by atoms with Gasteiger partial charge in [0, 0.05) is 6.04 Å². The van der Waals surface area contributed by atoms with E-state index in [1.165, 1.54) is 0 Å². The highest BCUT2D eigenvalue weighted by Crippen LogP contribution is 2.20. The highest BCUT2D eigenvalue weighted by Gasteiger charge is 2.13. The van der Waals surface area contributed by atoms with Gasteiger partial charge in [-0.2, -0.15) is 4.98 Å². The molecular formula is C9H14Cl2N4. The van der Waals surface area contributed by atoms with Crippen molar-refractivity contribution >= 4 is 29.0 Å². The molecule has 0 spiro atoms. The van der Waals surface area contributed by atoms with Crippen LogP contribution in [0.5, 0.6) is 0 Å². The van der Waals surface area contributed by atoms with E-state index < -0.39 is 0 Å². The van der Waals surface area contributed by atoms with Crippen LogP contribution in [0.4, 0.5) is 5.82 Å². The van der Waals surface area contributed by atoms with Crippen LogP contribution < -0.4 is 5.32 Å².